The lowest BCUT2D eigenvalue weighted by molar-refractivity contribution is -0.152. The number of anilines is 1. The van der Waals surface area contributed by atoms with Crippen LogP contribution in [0.1, 0.15) is 18.9 Å². The summed E-state index contributed by atoms with van der Waals surface area (Å²) in [6.45, 7) is 1.33. The van der Waals surface area contributed by atoms with E-state index >= 15 is 0 Å². The number of fused-ring (bicyclic) bond motifs is 1. The molecule has 0 aliphatic carbocycles. The summed E-state index contributed by atoms with van der Waals surface area (Å²) in [6.07, 6.45) is -1.30. The Hall–Kier alpha value is -3.29. The van der Waals surface area contributed by atoms with Crippen molar-refractivity contribution in [1.82, 2.24) is 4.72 Å². The lowest BCUT2D eigenvalue weighted by Gasteiger charge is -2.13. The van der Waals surface area contributed by atoms with Gasteiger partial charge in [0.1, 0.15) is 5.84 Å². The maximum Gasteiger partial charge on any atom is 0.308 e. The first-order valence-corrected chi connectivity index (χ1v) is 12.3. The van der Waals surface area contributed by atoms with Crippen LogP contribution in [0, 0.1) is 0 Å². The van der Waals surface area contributed by atoms with Crippen molar-refractivity contribution in [3.63, 3.8) is 0 Å². The number of nitrogens with one attached hydrogen (secondary N) is 2. The van der Waals surface area contributed by atoms with E-state index in [1.54, 1.807) is 18.2 Å². The lowest BCUT2D eigenvalue weighted by Crippen LogP contribution is -2.30. The molecule has 2 aromatic rings. The molecule has 3 rings (SSSR count). The van der Waals surface area contributed by atoms with Crippen molar-refractivity contribution < 1.29 is 31.2 Å². The molecular formula is C19H20N4O7S2. The molecule has 1 aliphatic heterocycles. The van der Waals surface area contributed by atoms with Gasteiger partial charge >= 0.3 is 5.97 Å². The van der Waals surface area contributed by atoms with Crippen molar-refractivity contribution in [2.45, 2.75) is 29.2 Å². The summed E-state index contributed by atoms with van der Waals surface area (Å²) in [5, 5.41) is 7.50. The van der Waals surface area contributed by atoms with Gasteiger partial charge in [-0.2, -0.15) is 0 Å². The predicted molar refractivity (Wildman–Crippen MR) is 115 cm³/mol. The normalized spacial score (nSPS) is 16.6. The summed E-state index contributed by atoms with van der Waals surface area (Å²) in [5.74, 6) is -1.18. The van der Waals surface area contributed by atoms with E-state index in [4.69, 9.17) is 9.88 Å². The Kier molecular flexibility index (Phi) is 6.62. The molecule has 1 heterocycles. The Labute approximate surface area is 184 Å². The predicted octanol–water partition coefficient (Wildman–Crippen LogP) is 0.333. The van der Waals surface area contributed by atoms with E-state index in [0.29, 0.717) is 11.3 Å². The van der Waals surface area contributed by atoms with E-state index in [9.17, 15) is 26.4 Å². The minimum absolute atomic E-state index is 0.0472. The highest BCUT2D eigenvalue weighted by Crippen LogP contribution is 2.22. The third-order valence-corrected chi connectivity index (χ3v) is 6.70. The second-order valence-corrected chi connectivity index (χ2v) is 9.98. The fourth-order valence-electron chi connectivity index (χ4n) is 2.79. The third-order valence-electron chi connectivity index (χ3n) is 4.38. The molecule has 0 radical (unpaired) electrons. The number of aliphatic imine (C=N–C) groups is 1. The molecule has 2 aromatic carbocycles. The molecule has 11 nitrogen and oxygen atoms in total. The van der Waals surface area contributed by atoms with Crippen molar-refractivity contribution in [3.05, 3.63) is 54.1 Å². The van der Waals surface area contributed by atoms with E-state index < -0.39 is 38.0 Å². The highest BCUT2D eigenvalue weighted by atomic mass is 32.2. The zero-order chi connectivity index (χ0) is 23.5. The van der Waals surface area contributed by atoms with Crippen molar-refractivity contribution in [2.24, 2.45) is 10.1 Å². The van der Waals surface area contributed by atoms with Gasteiger partial charge in [-0.05, 0) is 43.3 Å². The first-order chi connectivity index (χ1) is 15.0. The second kappa shape index (κ2) is 9.06. The number of nitrogens with zero attached hydrogens (tertiary/aromatic N) is 1. The molecule has 1 amide bonds. The summed E-state index contributed by atoms with van der Waals surface area (Å²) in [5.41, 5.74) is 0.714. The van der Waals surface area contributed by atoms with Gasteiger partial charge in [-0.1, -0.05) is 12.1 Å². The average Bonchev–Trinajstić information content (AvgIpc) is 2.98. The van der Waals surface area contributed by atoms with Gasteiger partial charge < -0.3 is 10.1 Å². The summed E-state index contributed by atoms with van der Waals surface area (Å²) in [6, 6.07) is 11.5. The van der Waals surface area contributed by atoms with Crippen LogP contribution in [0.2, 0.25) is 0 Å². The van der Waals surface area contributed by atoms with Gasteiger partial charge in [0.15, 0.2) is 6.10 Å². The minimum atomic E-state index is -3.85. The molecule has 0 spiro atoms. The number of primary sulfonamides is 1. The van der Waals surface area contributed by atoms with Crippen LogP contribution >= 0.6 is 0 Å². The zero-order valence-corrected chi connectivity index (χ0v) is 18.4. The Bertz CT molecular complexity index is 1290. The van der Waals surface area contributed by atoms with Crippen LogP contribution in [0.5, 0.6) is 0 Å². The number of sulfonamides is 2. The monoisotopic (exact) mass is 480 g/mol. The molecule has 170 valence electrons. The molecule has 4 N–H and O–H groups in total. The molecule has 0 unspecified atom stereocenters. The van der Waals surface area contributed by atoms with Gasteiger partial charge in [0.2, 0.25) is 10.0 Å². The van der Waals surface area contributed by atoms with Gasteiger partial charge in [0, 0.05) is 11.3 Å². The van der Waals surface area contributed by atoms with Gasteiger partial charge in [0.05, 0.1) is 22.8 Å². The number of rotatable bonds is 7. The molecule has 0 saturated heterocycles. The van der Waals surface area contributed by atoms with E-state index in [1.165, 1.54) is 37.3 Å². The average molecular weight is 481 g/mol. The Morgan fingerprint density at radius 3 is 2.47 bits per heavy atom. The number of carbonyl (C=O) groups excluding carboxylic acids is 2. The molecular weight excluding hydrogens is 460 g/mol. The zero-order valence-electron chi connectivity index (χ0n) is 16.8. The Morgan fingerprint density at radius 1 is 1.16 bits per heavy atom. The number of hydrogen-bond acceptors (Lipinski definition) is 8. The van der Waals surface area contributed by atoms with Gasteiger partial charge in [-0.3, -0.25) is 19.3 Å². The number of amidine groups is 1. The first kappa shape index (κ1) is 23.4. The number of nitrogens with two attached hydrogens (primary N) is 1. The summed E-state index contributed by atoms with van der Waals surface area (Å²) in [7, 11) is -7.52. The number of benzene rings is 2. The van der Waals surface area contributed by atoms with Crippen LogP contribution in [0.25, 0.3) is 0 Å². The number of esters is 1. The summed E-state index contributed by atoms with van der Waals surface area (Å²) in [4.78, 5) is 28.3. The molecule has 1 aliphatic rings. The molecule has 0 fully saturated rings. The molecule has 0 aromatic heterocycles. The van der Waals surface area contributed by atoms with Gasteiger partial charge in [0.25, 0.3) is 15.9 Å². The largest absolute Gasteiger partial charge is 0.452 e. The molecule has 0 bridgehead atoms. The van der Waals surface area contributed by atoms with E-state index in [2.05, 4.69) is 15.0 Å². The van der Waals surface area contributed by atoms with Gasteiger partial charge in [-0.15, -0.1) is 0 Å². The highest BCUT2D eigenvalue weighted by molar-refractivity contribution is 7.90. The van der Waals surface area contributed by atoms with Gasteiger partial charge in [-0.25, -0.2) is 22.0 Å². The molecule has 0 saturated carbocycles. The lowest BCUT2D eigenvalue weighted by atomic mass is 10.2. The van der Waals surface area contributed by atoms with Crippen molar-refractivity contribution in [2.75, 3.05) is 11.9 Å². The second-order valence-electron chi connectivity index (χ2n) is 6.77. The van der Waals surface area contributed by atoms with Crippen LogP contribution in [-0.4, -0.2) is 47.2 Å². The Morgan fingerprint density at radius 2 is 1.81 bits per heavy atom. The Balaban J connectivity index is 1.52. The fourth-order valence-corrected chi connectivity index (χ4v) is 4.56. The first-order valence-electron chi connectivity index (χ1n) is 9.27. The number of amides is 1. The highest BCUT2D eigenvalue weighted by Gasteiger charge is 2.30. The van der Waals surface area contributed by atoms with E-state index in [1.807, 2.05) is 0 Å². The molecule has 32 heavy (non-hydrogen) atoms. The third kappa shape index (κ3) is 5.49. The maximum atomic E-state index is 12.2. The van der Waals surface area contributed by atoms with Crippen LogP contribution in [-0.2, 0) is 34.4 Å². The summed E-state index contributed by atoms with van der Waals surface area (Å²) >= 11 is 0. The maximum absolute atomic E-state index is 12.2. The van der Waals surface area contributed by atoms with Crippen LogP contribution < -0.4 is 15.2 Å². The van der Waals surface area contributed by atoms with Crippen LogP contribution in [0.3, 0.4) is 0 Å². The van der Waals surface area contributed by atoms with Crippen LogP contribution in [0.4, 0.5) is 5.69 Å². The topological polar surface area (TPSA) is 174 Å². The van der Waals surface area contributed by atoms with Crippen LogP contribution in [0.15, 0.2) is 63.3 Å². The summed E-state index contributed by atoms with van der Waals surface area (Å²) < 4.78 is 54.0. The van der Waals surface area contributed by atoms with Crippen molar-refractivity contribution in [1.29, 1.82) is 0 Å². The minimum Gasteiger partial charge on any atom is -0.452 e. The van der Waals surface area contributed by atoms with E-state index in [0.717, 1.165) is 0 Å². The van der Waals surface area contributed by atoms with E-state index in [-0.39, 0.29) is 28.6 Å². The number of carbonyl (C=O) groups is 2. The standard InChI is InChI=1S/C19H20N4O7S2/c1-12(19(25)22-13-6-8-14(9-7-13)31(20,26)27)30-17(24)10-11-21-18-15-4-2-3-5-16(15)32(28,29)23-18/h2-9,12H,10-11H2,1H3,(H,21,23)(H,22,25)(H2,20,26,27)/t12-/m1/s1. The van der Waals surface area contributed by atoms with Crippen molar-refractivity contribution in [3.8, 4) is 0 Å². The number of hydrogen-bond donors (Lipinski definition) is 3. The smallest absolute Gasteiger partial charge is 0.308 e. The molecule has 1 atom stereocenters. The fraction of sp³-hybridized carbons (Fsp3) is 0.211. The van der Waals surface area contributed by atoms with Crippen molar-refractivity contribution >= 4 is 43.4 Å². The quantitative estimate of drug-likeness (QED) is 0.479. The molecule has 13 heteroatoms. The number of ether oxygens (including phenoxy) is 1. The SMILES string of the molecule is C[C@@H](OC(=O)CCN=C1NS(=O)(=O)c2ccccc21)C(=O)Nc1ccc(S(N)(=O)=O)cc1.